The number of aromatic nitrogens is 4. The molecule has 3 aromatic carbocycles. The summed E-state index contributed by atoms with van der Waals surface area (Å²) >= 11 is 0. The number of likely N-dealkylation sites (N-methyl/N-ethyl adjacent to an activating group) is 1. The lowest BCUT2D eigenvalue weighted by Crippen LogP contribution is -2.48. The van der Waals surface area contributed by atoms with Crippen LogP contribution in [0.2, 0.25) is 0 Å². The molecule has 0 spiro atoms. The fourth-order valence-corrected chi connectivity index (χ4v) is 7.87. The van der Waals surface area contributed by atoms with Gasteiger partial charge >= 0.3 is 0 Å². The molecule has 2 aromatic heterocycles. The van der Waals surface area contributed by atoms with E-state index in [0.29, 0.717) is 51.3 Å². The van der Waals surface area contributed by atoms with E-state index < -0.39 is 0 Å². The number of rotatable bonds is 12. The number of carbonyl (C=O) groups is 1. The summed E-state index contributed by atoms with van der Waals surface area (Å²) in [6.45, 7) is 13.2. The van der Waals surface area contributed by atoms with Crippen molar-refractivity contribution in [1.29, 1.82) is 0 Å². The summed E-state index contributed by atoms with van der Waals surface area (Å²) in [5, 5.41) is 0. The van der Waals surface area contributed by atoms with Crippen LogP contribution in [-0.4, -0.2) is 115 Å². The van der Waals surface area contributed by atoms with Crippen molar-refractivity contribution in [3.05, 3.63) is 107 Å². The maximum atomic E-state index is 13.5. The largest absolute Gasteiger partial charge is 0.497 e. The van der Waals surface area contributed by atoms with Crippen molar-refractivity contribution in [2.45, 2.75) is 33.4 Å². The molecule has 57 heavy (non-hydrogen) atoms. The molecule has 8 rings (SSSR count). The molecule has 0 atom stereocenters. The third-order valence-corrected chi connectivity index (χ3v) is 11.2. The van der Waals surface area contributed by atoms with Gasteiger partial charge in [-0.2, -0.15) is 4.98 Å². The van der Waals surface area contributed by atoms with Crippen molar-refractivity contribution >= 4 is 29.3 Å². The highest BCUT2D eigenvalue weighted by Gasteiger charge is 2.31. The molecule has 13 nitrogen and oxygen atoms in total. The molecule has 0 unspecified atom stereocenters. The molecule has 5 heterocycles. The van der Waals surface area contributed by atoms with Crippen LogP contribution in [0.3, 0.4) is 0 Å². The van der Waals surface area contributed by atoms with Crippen LogP contribution >= 0.6 is 0 Å². The first kappa shape index (κ1) is 38.1. The highest BCUT2D eigenvalue weighted by Crippen LogP contribution is 2.40. The summed E-state index contributed by atoms with van der Waals surface area (Å²) in [5.41, 5.74) is 7.76. The van der Waals surface area contributed by atoms with E-state index in [0.717, 1.165) is 108 Å². The van der Waals surface area contributed by atoms with Crippen molar-refractivity contribution in [1.82, 2.24) is 29.7 Å². The molecular weight excluding hydrogens is 719 g/mol. The van der Waals surface area contributed by atoms with E-state index >= 15 is 0 Å². The number of ether oxygens (including phenoxy) is 3. The Hall–Kier alpha value is -5.79. The average molecular weight is 770 g/mol. The van der Waals surface area contributed by atoms with Crippen LogP contribution in [-0.2, 0) is 24.2 Å². The van der Waals surface area contributed by atoms with Gasteiger partial charge in [0, 0.05) is 93.7 Å². The highest BCUT2D eigenvalue weighted by atomic mass is 16.5. The molecule has 0 radical (unpaired) electrons. The molecule has 3 aliphatic heterocycles. The molecule has 0 saturated carbocycles. The number of morpholine rings is 1. The number of anilines is 4. The van der Waals surface area contributed by atoms with Gasteiger partial charge in [-0.15, -0.1) is 0 Å². The van der Waals surface area contributed by atoms with Gasteiger partial charge in [0.25, 0.3) is 5.91 Å². The smallest absolute Gasteiger partial charge is 0.253 e. The zero-order valence-electron chi connectivity index (χ0n) is 33.4. The number of carbonyl (C=O) groups excluding carboxylic acids is 1. The van der Waals surface area contributed by atoms with Crippen molar-refractivity contribution < 1.29 is 19.0 Å². The minimum absolute atomic E-state index is 0.0939. The van der Waals surface area contributed by atoms with E-state index in [1.165, 1.54) is 0 Å². The fourth-order valence-electron chi connectivity index (χ4n) is 7.87. The van der Waals surface area contributed by atoms with Crippen LogP contribution < -0.4 is 24.2 Å². The first-order valence-electron chi connectivity index (χ1n) is 19.9. The predicted octanol–water partition coefficient (Wildman–Crippen LogP) is 5.77. The summed E-state index contributed by atoms with van der Waals surface area (Å²) < 4.78 is 16.5. The average Bonchev–Trinajstić information content (AvgIpc) is 3.70. The molecule has 0 N–H and O–H groups in total. The Morgan fingerprint density at radius 1 is 0.789 bits per heavy atom. The van der Waals surface area contributed by atoms with Crippen LogP contribution in [0, 0.1) is 6.92 Å². The van der Waals surface area contributed by atoms with Crippen molar-refractivity contribution in [3.63, 3.8) is 0 Å². The normalized spacial score (nSPS) is 15.8. The Labute approximate surface area is 334 Å². The minimum Gasteiger partial charge on any atom is -0.497 e. The molecule has 2 saturated heterocycles. The van der Waals surface area contributed by atoms with E-state index in [1.807, 2.05) is 53.7 Å². The molecule has 0 bridgehead atoms. The number of piperazine rings is 1. The van der Waals surface area contributed by atoms with Gasteiger partial charge in [0.05, 0.1) is 33.1 Å². The van der Waals surface area contributed by atoms with E-state index in [4.69, 9.17) is 34.1 Å². The molecule has 13 heteroatoms. The van der Waals surface area contributed by atoms with Crippen LogP contribution in [0.15, 0.2) is 79.1 Å². The zero-order chi connectivity index (χ0) is 39.3. The Bertz CT molecular complexity index is 2100. The lowest BCUT2D eigenvalue weighted by atomic mass is 10.1. The van der Waals surface area contributed by atoms with Crippen molar-refractivity contribution in [2.24, 2.45) is 0 Å². The minimum atomic E-state index is 0.0939. The number of methoxy groups -OCH3 is 2. The standard InChI is InChI=1S/C44H51N9O4/c1-5-49-18-20-50(21-19-49)42(54)34-10-15-39(31(2)26-34)53-17-16-38-40(47-44(48-41(38)53)51-22-24-57-25-23-51)35-27-45-43(46-28-35)52(29-32-6-11-36(55-3)12-7-32)30-33-8-13-37(56-4)14-9-33/h6-15,26-28H,5,16-25,29-30H2,1-4H3. The first-order chi connectivity index (χ1) is 27.9. The number of amides is 1. The van der Waals surface area contributed by atoms with Gasteiger partial charge in [-0.25, -0.2) is 15.0 Å². The van der Waals surface area contributed by atoms with Gasteiger partial charge in [0.2, 0.25) is 11.9 Å². The predicted molar refractivity (Wildman–Crippen MR) is 222 cm³/mol. The molecule has 3 aliphatic rings. The Kier molecular flexibility index (Phi) is 11.5. The lowest BCUT2D eigenvalue weighted by Gasteiger charge is -2.34. The van der Waals surface area contributed by atoms with Crippen LogP contribution in [0.4, 0.5) is 23.4 Å². The van der Waals surface area contributed by atoms with Crippen LogP contribution in [0.5, 0.6) is 11.5 Å². The Morgan fingerprint density at radius 3 is 2.00 bits per heavy atom. The van der Waals surface area contributed by atoms with Gasteiger partial charge in [0.15, 0.2) is 0 Å². The van der Waals surface area contributed by atoms with Gasteiger partial charge in [-0.3, -0.25) is 4.79 Å². The summed E-state index contributed by atoms with van der Waals surface area (Å²) in [6.07, 6.45) is 4.54. The van der Waals surface area contributed by atoms with E-state index in [9.17, 15) is 4.79 Å². The summed E-state index contributed by atoms with van der Waals surface area (Å²) in [7, 11) is 3.35. The number of hydrogen-bond donors (Lipinski definition) is 0. The van der Waals surface area contributed by atoms with Crippen LogP contribution in [0.1, 0.15) is 39.5 Å². The third-order valence-electron chi connectivity index (χ3n) is 11.2. The summed E-state index contributed by atoms with van der Waals surface area (Å²) in [5.74, 6) is 3.88. The van der Waals surface area contributed by atoms with Gasteiger partial charge in [-0.1, -0.05) is 31.2 Å². The van der Waals surface area contributed by atoms with E-state index in [-0.39, 0.29) is 5.91 Å². The maximum absolute atomic E-state index is 13.5. The molecule has 1 amide bonds. The first-order valence-corrected chi connectivity index (χ1v) is 19.9. The fraction of sp³-hybridized carbons (Fsp3) is 0.386. The number of nitrogens with zero attached hydrogens (tertiary/aromatic N) is 9. The van der Waals surface area contributed by atoms with Crippen LogP contribution in [0.25, 0.3) is 11.3 Å². The second-order valence-electron chi connectivity index (χ2n) is 14.7. The topological polar surface area (TPSA) is 113 Å². The summed E-state index contributed by atoms with van der Waals surface area (Å²) in [4.78, 5) is 44.9. The molecular formula is C44H51N9O4. The molecule has 2 fully saturated rings. The second-order valence-corrected chi connectivity index (χ2v) is 14.7. The Morgan fingerprint density at radius 2 is 1.42 bits per heavy atom. The highest BCUT2D eigenvalue weighted by molar-refractivity contribution is 5.95. The maximum Gasteiger partial charge on any atom is 0.253 e. The number of hydrogen-bond acceptors (Lipinski definition) is 12. The van der Waals surface area contributed by atoms with Crippen molar-refractivity contribution in [2.75, 3.05) is 94.5 Å². The van der Waals surface area contributed by atoms with Gasteiger partial charge in [-0.05, 0) is 79.0 Å². The lowest BCUT2D eigenvalue weighted by molar-refractivity contribution is 0.0643. The monoisotopic (exact) mass is 769 g/mol. The summed E-state index contributed by atoms with van der Waals surface area (Å²) in [6, 6.07) is 22.2. The zero-order valence-corrected chi connectivity index (χ0v) is 33.4. The van der Waals surface area contributed by atoms with E-state index in [1.54, 1.807) is 14.2 Å². The van der Waals surface area contributed by atoms with Gasteiger partial charge < -0.3 is 38.7 Å². The SMILES string of the molecule is CCN1CCN(C(=O)c2ccc(N3CCc4c(-c5cnc(N(Cc6ccc(OC)cc6)Cc6ccc(OC)cc6)nc5)nc(N5CCOCC5)nc43)c(C)c2)CC1. The molecule has 296 valence electrons. The van der Waals surface area contributed by atoms with E-state index in [2.05, 4.69) is 63.8 Å². The quantitative estimate of drug-likeness (QED) is 0.154. The number of benzene rings is 3. The van der Waals surface area contributed by atoms with Gasteiger partial charge in [0.1, 0.15) is 17.3 Å². The third kappa shape index (κ3) is 8.35. The number of fused-ring (bicyclic) bond motifs is 1. The second kappa shape index (κ2) is 17.1. The molecule has 5 aromatic rings. The van der Waals surface area contributed by atoms with Crippen molar-refractivity contribution in [3.8, 4) is 22.8 Å². The molecule has 0 aliphatic carbocycles. The Balaban J connectivity index is 1.10. The number of aryl methyl sites for hydroxylation is 1.